The average molecular weight is 858 g/mol. The number of carbonyl (C=O) groups is 2. The van der Waals surface area contributed by atoms with Crippen LogP contribution in [0.3, 0.4) is 0 Å². The number of fused-ring (bicyclic) bond motifs is 1. The predicted molar refractivity (Wildman–Crippen MR) is 239 cm³/mol. The van der Waals surface area contributed by atoms with Gasteiger partial charge in [-0.2, -0.15) is 0 Å². The maximum atomic E-state index is 15.7. The number of aryl methyl sites for hydroxylation is 1. The maximum Gasteiger partial charge on any atom is 0.263 e. The number of hydrogen-bond donors (Lipinski definition) is 1. The van der Waals surface area contributed by atoms with Gasteiger partial charge >= 0.3 is 0 Å². The molecule has 11 atom stereocenters. The first-order chi connectivity index (χ1) is 29.6. The van der Waals surface area contributed by atoms with E-state index in [4.69, 9.17) is 9.47 Å². The Bertz CT molecular complexity index is 1780. The summed E-state index contributed by atoms with van der Waals surface area (Å²) in [6.07, 6.45) is 29.0. The molecular formula is C50H79N5O5Si. The highest BCUT2D eigenvalue weighted by Crippen LogP contribution is 2.62. The zero-order valence-corrected chi connectivity index (χ0v) is 39.3. The number of nitrogens with zero attached hydrogens (tertiary/aromatic N) is 5. The van der Waals surface area contributed by atoms with Gasteiger partial charge in [0.25, 0.3) is 5.91 Å². The Morgan fingerprint density at radius 3 is 2.44 bits per heavy atom. The molecule has 6 aliphatic carbocycles. The molecule has 3 aliphatic heterocycles. The zero-order valence-electron chi connectivity index (χ0n) is 38.3. The molecule has 5 saturated carbocycles. The zero-order chi connectivity index (χ0) is 42.0. The summed E-state index contributed by atoms with van der Waals surface area (Å²) in [5, 5.41) is 20.4. The minimum absolute atomic E-state index is 0.0459. The number of aromatic nitrogens is 3. The predicted octanol–water partition coefficient (Wildman–Crippen LogP) is 9.75. The normalized spacial score (nSPS) is 40.2. The molecule has 6 unspecified atom stereocenters. The van der Waals surface area contributed by atoms with Crippen LogP contribution in [0.4, 0.5) is 0 Å². The molecule has 1 N–H and O–H groups in total. The first kappa shape index (κ1) is 42.8. The molecule has 10 nitrogen and oxygen atoms in total. The van der Waals surface area contributed by atoms with Crippen LogP contribution in [0.2, 0.25) is 24.2 Å². The Labute approximate surface area is 367 Å². The summed E-state index contributed by atoms with van der Waals surface area (Å²) < 4.78 is 15.4. The second kappa shape index (κ2) is 17.4. The SMILES string of the molecule is COC1CCC([Si](C)(C)[C@@H]2[C@@H](CCn3cc([C@H](O)C4CCCCC4)nn3)O[C@]3(C(=O)N(CC4CCCC(N5C(=O)C6CCCC7CCCC5C76)C4)C4=C3CCCC4)[C@H]2C)CC1. The molecule has 2 amide bonds. The van der Waals surface area contributed by atoms with Gasteiger partial charge in [0.15, 0.2) is 5.60 Å². The van der Waals surface area contributed by atoms with Crippen LogP contribution in [-0.4, -0.2) is 93.3 Å². The lowest BCUT2D eigenvalue weighted by Crippen LogP contribution is -2.51. The topological polar surface area (TPSA) is 110 Å². The van der Waals surface area contributed by atoms with Crippen LogP contribution < -0.4 is 0 Å². The van der Waals surface area contributed by atoms with E-state index in [1.165, 1.54) is 75.5 Å². The minimum Gasteiger partial charge on any atom is -0.386 e. The van der Waals surface area contributed by atoms with Gasteiger partial charge < -0.3 is 24.4 Å². The van der Waals surface area contributed by atoms with Gasteiger partial charge in [-0.25, -0.2) is 0 Å². The molecule has 10 rings (SSSR count). The van der Waals surface area contributed by atoms with Crippen LogP contribution in [0.1, 0.15) is 173 Å². The van der Waals surface area contributed by atoms with Crippen molar-refractivity contribution in [3.8, 4) is 0 Å². The highest BCUT2D eigenvalue weighted by molar-refractivity contribution is 6.80. The molecule has 338 valence electrons. The van der Waals surface area contributed by atoms with E-state index in [0.29, 0.717) is 59.3 Å². The molecule has 0 radical (unpaired) electrons. The van der Waals surface area contributed by atoms with Gasteiger partial charge in [0.1, 0.15) is 11.8 Å². The lowest BCUT2D eigenvalue weighted by molar-refractivity contribution is -0.150. The Kier molecular flexibility index (Phi) is 12.2. The highest BCUT2D eigenvalue weighted by atomic mass is 28.3. The number of aliphatic hydroxyl groups excluding tert-OH is 1. The number of methoxy groups -OCH3 is 1. The lowest BCUT2D eigenvalue weighted by atomic mass is 9.65. The van der Waals surface area contributed by atoms with E-state index in [1.807, 2.05) is 18.0 Å². The number of hydrogen-bond acceptors (Lipinski definition) is 7. The van der Waals surface area contributed by atoms with Crippen molar-refractivity contribution in [2.24, 2.45) is 35.5 Å². The third kappa shape index (κ3) is 7.45. The van der Waals surface area contributed by atoms with Crippen LogP contribution >= 0.6 is 0 Å². The van der Waals surface area contributed by atoms with Crippen LogP contribution in [0.15, 0.2) is 17.5 Å². The number of aliphatic hydroxyl groups is 1. The quantitative estimate of drug-likeness (QED) is 0.221. The summed E-state index contributed by atoms with van der Waals surface area (Å²) in [6, 6.07) is 0.776. The van der Waals surface area contributed by atoms with Gasteiger partial charge in [-0.05, 0) is 130 Å². The molecule has 9 aliphatic rings. The molecular weight excluding hydrogens is 779 g/mol. The Hall–Kier alpha value is -2.08. The number of ether oxygens (including phenoxy) is 2. The molecule has 61 heavy (non-hydrogen) atoms. The first-order valence-electron chi connectivity index (χ1n) is 25.8. The van der Waals surface area contributed by atoms with E-state index in [0.717, 1.165) is 102 Å². The van der Waals surface area contributed by atoms with Crippen molar-refractivity contribution in [1.82, 2.24) is 24.8 Å². The van der Waals surface area contributed by atoms with Gasteiger partial charge in [0.05, 0.1) is 26.5 Å². The second-order valence-electron chi connectivity index (χ2n) is 22.6. The van der Waals surface area contributed by atoms with E-state index in [-0.39, 0.29) is 29.8 Å². The Balaban J connectivity index is 0.903. The van der Waals surface area contributed by atoms with E-state index < -0.39 is 19.8 Å². The summed E-state index contributed by atoms with van der Waals surface area (Å²) in [7, 11) is -0.139. The van der Waals surface area contributed by atoms with Crippen molar-refractivity contribution in [2.45, 2.75) is 228 Å². The van der Waals surface area contributed by atoms with Crippen LogP contribution in [0.5, 0.6) is 0 Å². The largest absolute Gasteiger partial charge is 0.386 e. The van der Waals surface area contributed by atoms with Gasteiger partial charge in [0, 0.05) is 49.8 Å². The Morgan fingerprint density at radius 1 is 0.902 bits per heavy atom. The van der Waals surface area contributed by atoms with Crippen LogP contribution in [0.25, 0.3) is 0 Å². The van der Waals surface area contributed by atoms with Crippen molar-refractivity contribution in [1.29, 1.82) is 0 Å². The number of likely N-dealkylation sites (tertiary alicyclic amines) is 1. The van der Waals surface area contributed by atoms with Crippen LogP contribution in [-0.2, 0) is 25.6 Å². The fourth-order valence-electron chi connectivity index (χ4n) is 16.4. The molecule has 1 spiro atoms. The molecule has 1 aromatic rings. The standard InChI is InChI=1S/C50H79N5O5Si/c1-32-47(61(3,4)38-25-23-37(59-2)24-26-38)44(27-28-53-31-41(51-52-53)46(56)35-14-6-5-7-15-35)60-50(32)40-20-8-9-21-42(40)54(49(50)58)30-33-13-10-18-36(29-33)55-43-22-12-17-34-16-11-19-39(45(34)43)48(55)57/h31-39,43-47,56H,5-30H2,1-4H3/t32-,33?,34?,36?,37?,38?,39?,43?,44+,45?,46+,47-,50+/m0/s1. The van der Waals surface area contributed by atoms with Crippen molar-refractivity contribution < 1.29 is 24.2 Å². The number of carbonyl (C=O) groups excluding carboxylic acids is 2. The molecule has 0 aromatic carbocycles. The third-order valence-electron chi connectivity index (χ3n) is 19.3. The molecule has 0 bridgehead atoms. The maximum absolute atomic E-state index is 15.7. The molecule has 2 saturated heterocycles. The summed E-state index contributed by atoms with van der Waals surface area (Å²) in [5.74, 6) is 3.09. The van der Waals surface area contributed by atoms with Gasteiger partial charge in [-0.15, -0.1) is 5.10 Å². The molecule has 11 heteroatoms. The number of amides is 2. The summed E-state index contributed by atoms with van der Waals surface area (Å²) in [4.78, 5) is 34.6. The van der Waals surface area contributed by atoms with Crippen molar-refractivity contribution in [2.75, 3.05) is 13.7 Å². The highest BCUT2D eigenvalue weighted by Gasteiger charge is 2.67. The molecule has 4 heterocycles. The van der Waals surface area contributed by atoms with E-state index in [9.17, 15) is 9.90 Å². The van der Waals surface area contributed by atoms with E-state index >= 15 is 4.79 Å². The van der Waals surface area contributed by atoms with Crippen molar-refractivity contribution in [3.63, 3.8) is 0 Å². The summed E-state index contributed by atoms with van der Waals surface area (Å²) >= 11 is 0. The van der Waals surface area contributed by atoms with Crippen molar-refractivity contribution >= 4 is 19.9 Å². The molecule has 7 fully saturated rings. The number of rotatable bonds is 11. The second-order valence-corrected chi connectivity index (χ2v) is 27.8. The fraction of sp³-hybridized carbons (Fsp3) is 0.880. The van der Waals surface area contributed by atoms with E-state index in [2.05, 4.69) is 40.1 Å². The smallest absolute Gasteiger partial charge is 0.263 e. The van der Waals surface area contributed by atoms with Crippen LogP contribution in [0, 0.1) is 35.5 Å². The monoisotopic (exact) mass is 858 g/mol. The third-order valence-corrected chi connectivity index (χ3v) is 24.6. The van der Waals surface area contributed by atoms with E-state index in [1.54, 1.807) is 0 Å². The summed E-state index contributed by atoms with van der Waals surface area (Å²) in [5.41, 5.74) is 3.41. The first-order valence-corrected chi connectivity index (χ1v) is 28.9. The minimum atomic E-state index is -2.01. The fourth-order valence-corrected chi connectivity index (χ4v) is 21.5. The van der Waals surface area contributed by atoms with Gasteiger partial charge in [-0.3, -0.25) is 14.3 Å². The lowest BCUT2D eigenvalue weighted by Gasteiger charge is -2.45. The summed E-state index contributed by atoms with van der Waals surface area (Å²) in [6.45, 7) is 9.09. The van der Waals surface area contributed by atoms with Gasteiger partial charge in [-0.1, -0.05) is 89.4 Å². The number of allylic oxidation sites excluding steroid dienone is 1. The van der Waals surface area contributed by atoms with Gasteiger partial charge in [0.2, 0.25) is 5.91 Å². The molecule has 1 aromatic heterocycles. The Morgan fingerprint density at radius 2 is 1.66 bits per heavy atom. The average Bonchev–Trinajstić information content (AvgIpc) is 4.03. The van der Waals surface area contributed by atoms with Crippen molar-refractivity contribution in [3.05, 3.63) is 23.2 Å².